The molecule has 0 saturated carbocycles. The Balaban J connectivity index is 1.67. The van der Waals surface area contributed by atoms with Gasteiger partial charge in [-0.3, -0.25) is 4.79 Å². The van der Waals surface area contributed by atoms with Crippen LogP contribution in [0.3, 0.4) is 0 Å². The maximum atomic E-state index is 12.9. The fourth-order valence-corrected chi connectivity index (χ4v) is 4.36. The van der Waals surface area contributed by atoms with E-state index < -0.39 is 0 Å². The van der Waals surface area contributed by atoms with Gasteiger partial charge in [-0.25, -0.2) is 4.98 Å². The Morgan fingerprint density at radius 3 is 2.91 bits per heavy atom. The molecule has 1 atom stereocenters. The number of nitrogens with zero attached hydrogens (tertiary/aromatic N) is 2. The summed E-state index contributed by atoms with van der Waals surface area (Å²) in [6.45, 7) is 2.83. The molecule has 4 heteroatoms. The van der Waals surface area contributed by atoms with Crippen LogP contribution in [0.1, 0.15) is 39.8 Å². The van der Waals surface area contributed by atoms with Gasteiger partial charge in [-0.05, 0) is 44.0 Å². The third kappa shape index (κ3) is 2.63. The number of fused-ring (bicyclic) bond motifs is 1. The molecule has 0 aliphatic carbocycles. The Labute approximate surface area is 139 Å². The second kappa shape index (κ2) is 5.78. The van der Waals surface area contributed by atoms with Crippen molar-refractivity contribution < 1.29 is 4.79 Å². The molecule has 4 rings (SSSR count). The minimum Gasteiger partial charge on any atom is -0.329 e. The van der Waals surface area contributed by atoms with E-state index in [9.17, 15) is 4.79 Å². The zero-order chi connectivity index (χ0) is 15.8. The molecule has 1 aliphatic heterocycles. The van der Waals surface area contributed by atoms with E-state index in [0.29, 0.717) is 0 Å². The topological polar surface area (TPSA) is 33.2 Å². The van der Waals surface area contributed by atoms with E-state index >= 15 is 0 Å². The van der Waals surface area contributed by atoms with Crippen LogP contribution in [-0.2, 0) is 0 Å². The summed E-state index contributed by atoms with van der Waals surface area (Å²) in [6, 6.07) is 16.1. The number of likely N-dealkylation sites (tertiary alicyclic amines) is 1. The fraction of sp³-hybridized carbons (Fsp3) is 0.263. The number of hydrogen-bond donors (Lipinski definition) is 0. The zero-order valence-corrected chi connectivity index (χ0v) is 13.8. The third-order valence-corrected chi connectivity index (χ3v) is 5.51. The van der Waals surface area contributed by atoms with Crippen molar-refractivity contribution in [1.82, 2.24) is 9.88 Å². The number of hydrogen-bond acceptors (Lipinski definition) is 3. The standard InChI is InChI=1S/C19H18N2OS/c1-13-6-4-7-14(12-13)19(22)21-11-5-9-16(21)18-20-15-8-2-3-10-17(15)23-18/h2-4,6-8,10,12,16H,5,9,11H2,1H3/t16-/m1/s1. The van der Waals surface area contributed by atoms with Crippen molar-refractivity contribution in [3.05, 3.63) is 64.7 Å². The van der Waals surface area contributed by atoms with Crippen LogP contribution in [0.5, 0.6) is 0 Å². The Morgan fingerprint density at radius 1 is 1.22 bits per heavy atom. The van der Waals surface area contributed by atoms with Gasteiger partial charge in [0.1, 0.15) is 5.01 Å². The van der Waals surface area contributed by atoms with Crippen LogP contribution >= 0.6 is 11.3 Å². The summed E-state index contributed by atoms with van der Waals surface area (Å²) >= 11 is 1.71. The van der Waals surface area contributed by atoms with E-state index in [2.05, 4.69) is 6.07 Å². The molecular weight excluding hydrogens is 304 g/mol. The molecule has 1 aliphatic rings. The number of benzene rings is 2. The minimum absolute atomic E-state index is 0.111. The average Bonchev–Trinajstić information content (AvgIpc) is 3.20. The highest BCUT2D eigenvalue weighted by Crippen LogP contribution is 2.37. The summed E-state index contributed by atoms with van der Waals surface area (Å²) < 4.78 is 1.19. The molecule has 0 bridgehead atoms. The minimum atomic E-state index is 0.111. The van der Waals surface area contributed by atoms with Crippen molar-refractivity contribution in [2.75, 3.05) is 6.54 Å². The average molecular weight is 322 g/mol. The quantitative estimate of drug-likeness (QED) is 0.692. The first kappa shape index (κ1) is 14.4. The van der Waals surface area contributed by atoms with Gasteiger partial charge in [0.05, 0.1) is 16.3 Å². The van der Waals surface area contributed by atoms with E-state index in [-0.39, 0.29) is 11.9 Å². The number of carbonyl (C=O) groups excluding carboxylic acids is 1. The van der Waals surface area contributed by atoms with Gasteiger partial charge in [0.25, 0.3) is 5.91 Å². The van der Waals surface area contributed by atoms with Gasteiger partial charge in [-0.1, -0.05) is 29.8 Å². The molecule has 0 radical (unpaired) electrons. The first-order valence-corrected chi connectivity index (χ1v) is 8.77. The first-order chi connectivity index (χ1) is 11.2. The van der Waals surface area contributed by atoms with Gasteiger partial charge in [0.15, 0.2) is 0 Å². The van der Waals surface area contributed by atoms with Gasteiger partial charge in [0.2, 0.25) is 0 Å². The molecule has 0 unspecified atom stereocenters. The molecule has 0 N–H and O–H groups in total. The van der Waals surface area contributed by atoms with E-state index in [0.717, 1.165) is 41.0 Å². The SMILES string of the molecule is Cc1cccc(C(=O)N2CCC[C@@H]2c2nc3ccccc3s2)c1. The number of carbonyl (C=O) groups is 1. The molecule has 23 heavy (non-hydrogen) atoms. The molecule has 1 fully saturated rings. The van der Waals surface area contributed by atoms with Crippen molar-refractivity contribution in [1.29, 1.82) is 0 Å². The summed E-state index contributed by atoms with van der Waals surface area (Å²) in [5, 5.41) is 1.06. The summed E-state index contributed by atoms with van der Waals surface area (Å²) in [6.07, 6.45) is 2.04. The van der Waals surface area contributed by atoms with Crippen LogP contribution < -0.4 is 0 Å². The van der Waals surface area contributed by atoms with Crippen molar-refractivity contribution in [3.8, 4) is 0 Å². The summed E-state index contributed by atoms with van der Waals surface area (Å²) in [5.41, 5.74) is 2.92. The van der Waals surface area contributed by atoms with Crippen molar-refractivity contribution in [3.63, 3.8) is 0 Å². The van der Waals surface area contributed by atoms with Crippen LogP contribution in [-0.4, -0.2) is 22.3 Å². The number of rotatable bonds is 2. The molecule has 2 heterocycles. The lowest BCUT2D eigenvalue weighted by atomic mass is 10.1. The molecule has 0 spiro atoms. The van der Waals surface area contributed by atoms with E-state index in [4.69, 9.17) is 4.98 Å². The lowest BCUT2D eigenvalue weighted by Gasteiger charge is -2.23. The fourth-order valence-electron chi connectivity index (χ4n) is 3.24. The lowest BCUT2D eigenvalue weighted by molar-refractivity contribution is 0.0735. The number of thiazole rings is 1. The Bertz CT molecular complexity index is 837. The molecule has 3 nitrogen and oxygen atoms in total. The van der Waals surface area contributed by atoms with Crippen LogP contribution in [0.2, 0.25) is 0 Å². The maximum Gasteiger partial charge on any atom is 0.254 e. The molecule has 1 amide bonds. The summed E-state index contributed by atoms with van der Waals surface area (Å²) in [4.78, 5) is 19.7. The van der Waals surface area contributed by atoms with E-state index in [1.807, 2.05) is 54.3 Å². The highest BCUT2D eigenvalue weighted by Gasteiger charge is 2.32. The van der Waals surface area contributed by atoms with Gasteiger partial charge >= 0.3 is 0 Å². The first-order valence-electron chi connectivity index (χ1n) is 7.95. The summed E-state index contributed by atoms with van der Waals surface area (Å²) in [7, 11) is 0. The smallest absolute Gasteiger partial charge is 0.254 e. The number of amides is 1. The molecule has 1 saturated heterocycles. The molecule has 116 valence electrons. The predicted molar refractivity (Wildman–Crippen MR) is 93.8 cm³/mol. The van der Waals surface area contributed by atoms with Gasteiger partial charge in [-0.15, -0.1) is 11.3 Å². The van der Waals surface area contributed by atoms with Crippen molar-refractivity contribution >= 4 is 27.5 Å². The monoisotopic (exact) mass is 322 g/mol. The molecule has 2 aromatic carbocycles. The van der Waals surface area contributed by atoms with Crippen LogP contribution in [0.15, 0.2) is 48.5 Å². The Morgan fingerprint density at radius 2 is 2.09 bits per heavy atom. The normalized spacial score (nSPS) is 17.8. The van der Waals surface area contributed by atoms with Crippen LogP contribution in [0, 0.1) is 6.92 Å². The number of aromatic nitrogens is 1. The maximum absolute atomic E-state index is 12.9. The second-order valence-corrected chi connectivity index (χ2v) is 7.11. The van der Waals surface area contributed by atoms with Gasteiger partial charge < -0.3 is 4.90 Å². The lowest BCUT2D eigenvalue weighted by Crippen LogP contribution is -2.30. The number of para-hydroxylation sites is 1. The highest BCUT2D eigenvalue weighted by atomic mass is 32.1. The molecule has 1 aromatic heterocycles. The zero-order valence-electron chi connectivity index (χ0n) is 13.0. The second-order valence-electron chi connectivity index (χ2n) is 6.05. The van der Waals surface area contributed by atoms with Gasteiger partial charge in [0, 0.05) is 12.1 Å². The van der Waals surface area contributed by atoms with E-state index in [1.54, 1.807) is 11.3 Å². The number of aryl methyl sites for hydroxylation is 1. The van der Waals surface area contributed by atoms with Crippen LogP contribution in [0.25, 0.3) is 10.2 Å². The van der Waals surface area contributed by atoms with Gasteiger partial charge in [-0.2, -0.15) is 0 Å². The van der Waals surface area contributed by atoms with Crippen LogP contribution in [0.4, 0.5) is 0 Å². The summed E-state index contributed by atoms with van der Waals surface area (Å²) in [5.74, 6) is 0.121. The van der Waals surface area contributed by atoms with Crippen molar-refractivity contribution in [2.45, 2.75) is 25.8 Å². The Kier molecular flexibility index (Phi) is 3.62. The van der Waals surface area contributed by atoms with Crippen molar-refractivity contribution in [2.24, 2.45) is 0 Å². The molecular formula is C19H18N2OS. The third-order valence-electron chi connectivity index (χ3n) is 4.37. The largest absolute Gasteiger partial charge is 0.329 e. The Hall–Kier alpha value is -2.20. The highest BCUT2D eigenvalue weighted by molar-refractivity contribution is 7.18. The molecule has 3 aromatic rings. The predicted octanol–water partition coefficient (Wildman–Crippen LogP) is 4.58. The van der Waals surface area contributed by atoms with E-state index in [1.165, 1.54) is 4.70 Å².